The lowest BCUT2D eigenvalue weighted by molar-refractivity contribution is -0.129. The number of thioether (sulfide) groups is 1. The quantitative estimate of drug-likeness (QED) is 0.198. The first-order valence-electron chi connectivity index (χ1n) is 8.70. The third-order valence-corrected chi connectivity index (χ3v) is 4.61. The van der Waals surface area contributed by atoms with E-state index in [9.17, 15) is 14.4 Å². The van der Waals surface area contributed by atoms with Crippen LogP contribution in [0.1, 0.15) is 32.3 Å². The summed E-state index contributed by atoms with van der Waals surface area (Å²) in [6.45, 7) is 4.01. The monoisotopic (exact) mass is 393 g/mol. The highest BCUT2D eigenvalue weighted by molar-refractivity contribution is 7.99. The molecule has 7 nitrogen and oxygen atoms in total. The maximum atomic E-state index is 12.5. The standard InChI is InChI=1S/C19H27N3O4S/c1-14(2)11-18(24)21-16(13-27-10-6-9-17(23)22-26)19(25)20-12-15-7-4-3-5-8-15/h3-5,7-8,11,16,26H,6,9-10,12-13H2,1-2H3,(H,20,25)(H,21,24)(H,22,23)/t16-/m0/s1. The van der Waals surface area contributed by atoms with Crippen molar-refractivity contribution >= 4 is 29.5 Å². The van der Waals surface area contributed by atoms with Gasteiger partial charge in [-0.05, 0) is 31.6 Å². The molecule has 8 heteroatoms. The Morgan fingerprint density at radius 3 is 2.52 bits per heavy atom. The van der Waals surface area contributed by atoms with E-state index in [1.165, 1.54) is 17.8 Å². The van der Waals surface area contributed by atoms with Crippen LogP contribution >= 0.6 is 11.8 Å². The molecule has 1 rings (SSSR count). The van der Waals surface area contributed by atoms with Gasteiger partial charge in [-0.15, -0.1) is 0 Å². The van der Waals surface area contributed by atoms with E-state index < -0.39 is 11.9 Å². The van der Waals surface area contributed by atoms with E-state index in [2.05, 4.69) is 10.6 Å². The molecule has 27 heavy (non-hydrogen) atoms. The van der Waals surface area contributed by atoms with Gasteiger partial charge in [-0.3, -0.25) is 19.6 Å². The van der Waals surface area contributed by atoms with Gasteiger partial charge in [0.2, 0.25) is 17.7 Å². The van der Waals surface area contributed by atoms with Gasteiger partial charge in [-0.2, -0.15) is 11.8 Å². The van der Waals surface area contributed by atoms with E-state index in [4.69, 9.17) is 5.21 Å². The highest BCUT2D eigenvalue weighted by Gasteiger charge is 2.20. The fraction of sp³-hybridized carbons (Fsp3) is 0.421. The molecule has 4 N–H and O–H groups in total. The Labute approximate surface area is 163 Å². The summed E-state index contributed by atoms with van der Waals surface area (Å²) in [4.78, 5) is 35.5. The summed E-state index contributed by atoms with van der Waals surface area (Å²) in [5.41, 5.74) is 3.40. The maximum absolute atomic E-state index is 12.5. The number of benzene rings is 1. The van der Waals surface area contributed by atoms with Crippen molar-refractivity contribution in [1.29, 1.82) is 0 Å². The van der Waals surface area contributed by atoms with Gasteiger partial charge in [0.05, 0.1) is 0 Å². The number of amides is 3. The first-order valence-corrected chi connectivity index (χ1v) is 9.85. The molecule has 0 bridgehead atoms. The average molecular weight is 394 g/mol. The van der Waals surface area contributed by atoms with Crippen molar-refractivity contribution in [1.82, 2.24) is 16.1 Å². The van der Waals surface area contributed by atoms with Gasteiger partial charge in [0.25, 0.3) is 0 Å². The van der Waals surface area contributed by atoms with Crippen LogP contribution in [0.4, 0.5) is 0 Å². The molecule has 0 radical (unpaired) electrons. The summed E-state index contributed by atoms with van der Waals surface area (Å²) in [5, 5.41) is 14.0. The van der Waals surface area contributed by atoms with Gasteiger partial charge in [0.1, 0.15) is 6.04 Å². The van der Waals surface area contributed by atoms with Crippen LogP contribution in [-0.4, -0.2) is 40.5 Å². The van der Waals surface area contributed by atoms with Crippen LogP contribution in [0, 0.1) is 0 Å². The number of rotatable bonds is 11. The summed E-state index contributed by atoms with van der Waals surface area (Å²) in [6.07, 6.45) is 2.23. The Hall–Kier alpha value is -2.32. The molecule has 0 aliphatic heterocycles. The SMILES string of the molecule is CC(C)=CC(=O)N[C@@H](CSCCCC(=O)NO)C(=O)NCc1ccccc1. The van der Waals surface area contributed by atoms with E-state index in [-0.39, 0.29) is 18.2 Å². The van der Waals surface area contributed by atoms with Crippen LogP contribution in [-0.2, 0) is 20.9 Å². The smallest absolute Gasteiger partial charge is 0.244 e. The Balaban J connectivity index is 2.55. The van der Waals surface area contributed by atoms with Crippen LogP contribution in [0.3, 0.4) is 0 Å². The second-order valence-corrected chi connectivity index (χ2v) is 7.35. The Kier molecular flexibility index (Phi) is 10.9. The lowest BCUT2D eigenvalue weighted by Gasteiger charge is -2.17. The number of hydrogen-bond acceptors (Lipinski definition) is 5. The zero-order chi connectivity index (χ0) is 20.1. The summed E-state index contributed by atoms with van der Waals surface area (Å²) < 4.78 is 0. The predicted octanol–water partition coefficient (Wildman–Crippen LogP) is 1.77. The van der Waals surface area contributed by atoms with Crippen molar-refractivity contribution in [3.05, 3.63) is 47.5 Å². The zero-order valence-corrected chi connectivity index (χ0v) is 16.5. The van der Waals surface area contributed by atoms with Gasteiger partial charge in [-0.1, -0.05) is 35.9 Å². The molecule has 0 spiro atoms. The first-order chi connectivity index (χ1) is 12.9. The summed E-state index contributed by atoms with van der Waals surface area (Å²) in [5.74, 6) is 0.0210. The maximum Gasteiger partial charge on any atom is 0.244 e. The molecule has 1 atom stereocenters. The molecular formula is C19H27N3O4S. The second kappa shape index (κ2) is 12.9. The van der Waals surface area contributed by atoms with Crippen molar-refractivity contribution in [3.8, 4) is 0 Å². The van der Waals surface area contributed by atoms with E-state index in [0.717, 1.165) is 11.1 Å². The van der Waals surface area contributed by atoms with Crippen molar-refractivity contribution in [3.63, 3.8) is 0 Å². The van der Waals surface area contributed by atoms with Crippen LogP contribution in [0.25, 0.3) is 0 Å². The minimum absolute atomic E-state index is 0.207. The van der Waals surface area contributed by atoms with Crippen molar-refractivity contribution in [2.24, 2.45) is 0 Å². The fourth-order valence-corrected chi connectivity index (χ4v) is 3.14. The van der Waals surface area contributed by atoms with Crippen LogP contribution in [0.5, 0.6) is 0 Å². The van der Waals surface area contributed by atoms with Gasteiger partial charge in [-0.25, -0.2) is 5.48 Å². The zero-order valence-electron chi connectivity index (χ0n) is 15.7. The highest BCUT2D eigenvalue weighted by Crippen LogP contribution is 2.08. The lowest BCUT2D eigenvalue weighted by Crippen LogP contribution is -2.47. The number of hydrogen-bond donors (Lipinski definition) is 4. The van der Waals surface area contributed by atoms with E-state index in [1.54, 1.807) is 5.48 Å². The van der Waals surface area contributed by atoms with Gasteiger partial charge in [0, 0.05) is 24.8 Å². The number of hydroxylamine groups is 1. The van der Waals surface area contributed by atoms with Crippen molar-refractivity contribution < 1.29 is 19.6 Å². The van der Waals surface area contributed by atoms with E-state index >= 15 is 0 Å². The number of carbonyl (C=O) groups is 3. The molecule has 3 amide bonds. The molecule has 1 aromatic rings. The van der Waals surface area contributed by atoms with E-state index in [0.29, 0.717) is 24.5 Å². The minimum Gasteiger partial charge on any atom is -0.350 e. The molecule has 0 heterocycles. The van der Waals surface area contributed by atoms with E-state index in [1.807, 2.05) is 44.2 Å². The molecule has 0 aliphatic carbocycles. The molecule has 0 fully saturated rings. The normalized spacial score (nSPS) is 11.2. The average Bonchev–Trinajstić information content (AvgIpc) is 2.64. The third-order valence-electron chi connectivity index (χ3n) is 3.46. The molecule has 0 unspecified atom stereocenters. The first kappa shape index (κ1) is 22.7. The fourth-order valence-electron chi connectivity index (χ4n) is 2.16. The Bertz CT molecular complexity index is 646. The minimum atomic E-state index is -0.673. The van der Waals surface area contributed by atoms with Crippen LogP contribution in [0.2, 0.25) is 0 Å². The topological polar surface area (TPSA) is 108 Å². The molecule has 0 saturated carbocycles. The molecule has 1 aromatic carbocycles. The summed E-state index contributed by atoms with van der Waals surface area (Å²) in [6, 6.07) is 8.85. The van der Waals surface area contributed by atoms with Crippen molar-refractivity contribution in [2.45, 2.75) is 39.3 Å². The Morgan fingerprint density at radius 2 is 1.89 bits per heavy atom. The lowest BCUT2D eigenvalue weighted by atomic mass is 10.2. The molecule has 148 valence electrons. The van der Waals surface area contributed by atoms with Gasteiger partial charge in [0.15, 0.2) is 0 Å². The molecule has 0 saturated heterocycles. The van der Waals surface area contributed by atoms with Crippen LogP contribution < -0.4 is 16.1 Å². The largest absolute Gasteiger partial charge is 0.350 e. The summed E-state index contributed by atoms with van der Waals surface area (Å²) >= 11 is 1.47. The molecule has 0 aromatic heterocycles. The van der Waals surface area contributed by atoms with Gasteiger partial charge < -0.3 is 10.6 Å². The number of nitrogens with one attached hydrogen (secondary N) is 3. The Morgan fingerprint density at radius 1 is 1.19 bits per heavy atom. The molecular weight excluding hydrogens is 366 g/mol. The third kappa shape index (κ3) is 10.4. The molecule has 0 aliphatic rings. The predicted molar refractivity (Wildman–Crippen MR) is 106 cm³/mol. The van der Waals surface area contributed by atoms with Gasteiger partial charge >= 0.3 is 0 Å². The van der Waals surface area contributed by atoms with Crippen LogP contribution in [0.15, 0.2) is 42.0 Å². The van der Waals surface area contributed by atoms with Crippen molar-refractivity contribution in [2.75, 3.05) is 11.5 Å². The summed E-state index contributed by atoms with van der Waals surface area (Å²) in [7, 11) is 0. The number of carbonyl (C=O) groups excluding carboxylic acids is 3. The number of allylic oxidation sites excluding steroid dienone is 1. The second-order valence-electron chi connectivity index (χ2n) is 6.20. The highest BCUT2D eigenvalue weighted by atomic mass is 32.2.